The largest absolute Gasteiger partial charge is 0.372 e. The van der Waals surface area contributed by atoms with Crippen molar-refractivity contribution in [1.29, 1.82) is 0 Å². The van der Waals surface area contributed by atoms with Crippen molar-refractivity contribution >= 4 is 28.2 Å². The van der Waals surface area contributed by atoms with Crippen molar-refractivity contribution in [3.63, 3.8) is 0 Å². The number of hydrogen-bond acceptors (Lipinski definition) is 2. The lowest BCUT2D eigenvalue weighted by Gasteiger charge is -2.27. The van der Waals surface area contributed by atoms with Gasteiger partial charge in [0.1, 0.15) is 6.54 Å². The molecule has 0 aromatic heterocycles. The number of unbranched alkanes of at least 4 members (excludes halogenated alkanes) is 4. The summed E-state index contributed by atoms with van der Waals surface area (Å²) in [5, 5.41) is 0. The molecule has 3 nitrogen and oxygen atoms in total. The third-order valence-corrected chi connectivity index (χ3v) is 9.05. The van der Waals surface area contributed by atoms with E-state index in [1.54, 1.807) is 0 Å². The van der Waals surface area contributed by atoms with E-state index in [0.29, 0.717) is 0 Å². The minimum Gasteiger partial charge on any atom is -0.372 e. The molecule has 0 aliphatic heterocycles. The van der Waals surface area contributed by atoms with E-state index in [1.807, 2.05) is 0 Å². The quantitative estimate of drug-likeness (QED) is 0.166. The molecule has 0 spiro atoms. The first-order valence-corrected chi connectivity index (χ1v) is 17.9. The third kappa shape index (κ3) is 8.78. The van der Waals surface area contributed by atoms with Crippen LogP contribution in [0.25, 0.3) is 11.1 Å². The summed E-state index contributed by atoms with van der Waals surface area (Å²) in [5.41, 5.74) is 13.0. The van der Waals surface area contributed by atoms with Gasteiger partial charge in [0, 0.05) is 43.6 Å². The number of aryl methyl sites for hydroxylation is 1. The lowest BCUT2D eigenvalue weighted by atomic mass is 9.82. The minimum absolute atomic E-state index is 0.904. The average molecular weight is 605 g/mol. The maximum Gasteiger partial charge on any atom is 0.206 e. The third-order valence-electron chi connectivity index (χ3n) is 9.05. The molecule has 1 aliphatic carbocycles. The van der Waals surface area contributed by atoms with E-state index >= 15 is 0 Å². The predicted molar refractivity (Wildman–Crippen MR) is 199 cm³/mol. The number of allylic oxidation sites excluding steroid dienone is 3. The number of rotatable bonds is 17. The second kappa shape index (κ2) is 17.8. The number of anilines is 2. The van der Waals surface area contributed by atoms with Crippen molar-refractivity contribution in [2.45, 2.75) is 92.9 Å². The van der Waals surface area contributed by atoms with Gasteiger partial charge < -0.3 is 9.80 Å². The van der Waals surface area contributed by atoms with Crippen molar-refractivity contribution in [3.8, 4) is 0 Å². The molecule has 3 heteroatoms. The van der Waals surface area contributed by atoms with Crippen LogP contribution in [0, 0.1) is 6.92 Å². The van der Waals surface area contributed by atoms with Gasteiger partial charge in [-0.2, -0.15) is 0 Å². The van der Waals surface area contributed by atoms with Crippen LogP contribution in [0.3, 0.4) is 0 Å². The SMILES string of the molecule is CCCCN(CCCC)c1ccc(C(=C2C=CC(=[NH+]CC)c3ccccc32)c2ccc(N(CCCC)CCCC)cc2C)cc1. The van der Waals surface area contributed by atoms with Gasteiger partial charge in [0.15, 0.2) is 0 Å². The van der Waals surface area contributed by atoms with Crippen LogP contribution in [0.5, 0.6) is 0 Å². The molecular weight excluding hydrogens is 546 g/mol. The summed E-state index contributed by atoms with van der Waals surface area (Å²) in [4.78, 5) is 8.77. The van der Waals surface area contributed by atoms with Crippen LogP contribution < -0.4 is 14.8 Å². The highest BCUT2D eigenvalue weighted by Gasteiger charge is 2.23. The highest BCUT2D eigenvalue weighted by Crippen LogP contribution is 2.39. The smallest absolute Gasteiger partial charge is 0.206 e. The average Bonchev–Trinajstić information content (AvgIpc) is 3.07. The fraction of sp³-hybridized carbons (Fsp3) is 0.452. The summed E-state index contributed by atoms with van der Waals surface area (Å²) < 4.78 is 0. The molecule has 240 valence electrons. The minimum atomic E-state index is 0.904. The van der Waals surface area contributed by atoms with Gasteiger partial charge in [-0.1, -0.05) is 89.8 Å². The fourth-order valence-corrected chi connectivity index (χ4v) is 6.42. The predicted octanol–water partition coefficient (Wildman–Crippen LogP) is 9.23. The second-order valence-electron chi connectivity index (χ2n) is 12.5. The van der Waals surface area contributed by atoms with Gasteiger partial charge >= 0.3 is 0 Å². The summed E-state index contributed by atoms with van der Waals surface area (Å²) in [6.45, 7) is 19.0. The Morgan fingerprint density at radius 1 is 0.600 bits per heavy atom. The number of fused-ring (bicyclic) bond motifs is 1. The van der Waals surface area contributed by atoms with Gasteiger partial charge in [-0.15, -0.1) is 0 Å². The first-order valence-electron chi connectivity index (χ1n) is 17.9. The maximum absolute atomic E-state index is 3.59. The van der Waals surface area contributed by atoms with E-state index in [4.69, 9.17) is 0 Å². The van der Waals surface area contributed by atoms with Crippen LogP contribution in [0.1, 0.15) is 114 Å². The molecule has 0 atom stereocenters. The van der Waals surface area contributed by atoms with Crippen molar-refractivity contribution in [2.75, 3.05) is 42.5 Å². The van der Waals surface area contributed by atoms with E-state index in [-0.39, 0.29) is 0 Å². The lowest BCUT2D eigenvalue weighted by Crippen LogP contribution is -2.72. The van der Waals surface area contributed by atoms with Gasteiger partial charge in [0.2, 0.25) is 5.71 Å². The van der Waals surface area contributed by atoms with Crippen LogP contribution in [0.15, 0.2) is 78.9 Å². The number of benzene rings is 3. The molecule has 4 rings (SSSR count). The molecule has 3 aromatic rings. The summed E-state index contributed by atoms with van der Waals surface area (Å²) in [5.74, 6) is 0. The topological polar surface area (TPSA) is 20.5 Å². The summed E-state index contributed by atoms with van der Waals surface area (Å²) in [6.07, 6.45) is 14.4. The molecule has 0 fully saturated rings. The Hall–Kier alpha value is -3.59. The lowest BCUT2D eigenvalue weighted by molar-refractivity contribution is -0.450. The van der Waals surface area contributed by atoms with Gasteiger partial charge in [0.25, 0.3) is 0 Å². The Balaban J connectivity index is 1.86. The van der Waals surface area contributed by atoms with Gasteiger partial charge in [-0.3, -0.25) is 0 Å². The van der Waals surface area contributed by atoms with Crippen LogP contribution in [-0.2, 0) is 0 Å². The second-order valence-corrected chi connectivity index (χ2v) is 12.5. The zero-order valence-corrected chi connectivity index (χ0v) is 29.1. The molecule has 3 aromatic carbocycles. The highest BCUT2D eigenvalue weighted by molar-refractivity contribution is 6.17. The summed E-state index contributed by atoms with van der Waals surface area (Å²) in [7, 11) is 0. The number of nitrogens with one attached hydrogen (secondary N) is 1. The molecular formula is C42H58N3+. The molecule has 0 heterocycles. The van der Waals surface area contributed by atoms with Crippen molar-refractivity contribution in [2.24, 2.45) is 0 Å². The zero-order valence-electron chi connectivity index (χ0n) is 29.1. The van der Waals surface area contributed by atoms with Crippen LogP contribution in [0.4, 0.5) is 11.4 Å². The van der Waals surface area contributed by atoms with E-state index < -0.39 is 0 Å². The van der Waals surface area contributed by atoms with Gasteiger partial charge in [0.05, 0.1) is 5.56 Å². The van der Waals surface area contributed by atoms with Crippen molar-refractivity contribution < 1.29 is 4.99 Å². The van der Waals surface area contributed by atoms with E-state index in [0.717, 1.165) is 32.7 Å². The molecule has 0 saturated heterocycles. The Kier molecular flexibility index (Phi) is 13.5. The Morgan fingerprint density at radius 3 is 1.67 bits per heavy atom. The van der Waals surface area contributed by atoms with E-state index in [1.165, 1.54) is 107 Å². The van der Waals surface area contributed by atoms with Gasteiger partial charge in [-0.05, 0) is 109 Å². The Morgan fingerprint density at radius 2 is 1.13 bits per heavy atom. The first-order chi connectivity index (χ1) is 22.1. The monoisotopic (exact) mass is 604 g/mol. The van der Waals surface area contributed by atoms with Crippen LogP contribution >= 0.6 is 0 Å². The Bertz CT molecular complexity index is 1430. The van der Waals surface area contributed by atoms with E-state index in [9.17, 15) is 0 Å². The van der Waals surface area contributed by atoms with Crippen LogP contribution in [0.2, 0.25) is 0 Å². The number of hydrogen-bond donors (Lipinski definition) is 1. The molecule has 1 N–H and O–H groups in total. The standard InChI is InChI=1S/C42H57N3/c1-7-12-28-44(29-13-8-2)35-22-20-34(21-23-35)42(40-26-27-41(43-11-5)39-19-17-16-18-38(39)40)37-25-24-36(32-33(37)6)45(30-14-9-3)31-15-10-4/h16-27,32H,7-15,28-31H2,1-6H3/p+1. The summed E-state index contributed by atoms with van der Waals surface area (Å²) >= 11 is 0. The molecule has 0 saturated carbocycles. The highest BCUT2D eigenvalue weighted by atomic mass is 15.1. The molecule has 0 amide bonds. The molecule has 0 radical (unpaired) electrons. The molecule has 45 heavy (non-hydrogen) atoms. The molecule has 1 aliphatic rings. The van der Waals surface area contributed by atoms with Crippen LogP contribution in [-0.4, -0.2) is 38.4 Å². The van der Waals surface area contributed by atoms with Crippen molar-refractivity contribution in [3.05, 3.63) is 107 Å². The van der Waals surface area contributed by atoms with E-state index in [2.05, 4.69) is 135 Å². The fourth-order valence-electron chi connectivity index (χ4n) is 6.42. The number of nitrogens with zero attached hydrogens (tertiary/aromatic N) is 2. The Labute approximate surface area is 274 Å². The molecule has 0 unspecified atom stereocenters. The maximum atomic E-state index is 3.59. The normalized spacial score (nSPS) is 14.5. The van der Waals surface area contributed by atoms with Crippen molar-refractivity contribution in [1.82, 2.24) is 0 Å². The first kappa shape index (κ1) is 34.3. The summed E-state index contributed by atoms with van der Waals surface area (Å²) in [6, 6.07) is 25.5. The van der Waals surface area contributed by atoms with Gasteiger partial charge in [-0.25, -0.2) is 4.99 Å². The molecule has 0 bridgehead atoms. The zero-order chi connectivity index (χ0) is 32.0.